The average molecular weight is 465 g/mol. The Labute approximate surface area is 200 Å². The third-order valence-corrected chi connectivity index (χ3v) is 7.54. The summed E-state index contributed by atoms with van der Waals surface area (Å²) in [5.41, 5.74) is 3.97. The number of ether oxygens (including phenoxy) is 1. The number of hydrogen-bond acceptors (Lipinski definition) is 6. The first-order chi connectivity index (χ1) is 16.5. The van der Waals surface area contributed by atoms with Gasteiger partial charge in [0.15, 0.2) is 5.82 Å². The third kappa shape index (κ3) is 4.66. The highest BCUT2D eigenvalue weighted by Crippen LogP contribution is 2.33. The fourth-order valence-corrected chi connectivity index (χ4v) is 5.84. The Morgan fingerprint density at radius 3 is 2.74 bits per heavy atom. The van der Waals surface area contributed by atoms with Gasteiger partial charge in [-0.1, -0.05) is 25.8 Å². The number of fused-ring (bicyclic) bond motifs is 1. The SMILES string of the molecule is CC[C@H](c1nnnn1C1CCCC1)N(Cc1cc2c(C)cc(C)cc2[nH]c1=O)C[C@@H]1CCCO1. The van der Waals surface area contributed by atoms with E-state index in [2.05, 4.69) is 63.0 Å². The average Bonchev–Trinajstić information content (AvgIpc) is 3.58. The first kappa shape index (κ1) is 23.2. The first-order valence-corrected chi connectivity index (χ1v) is 12.8. The number of aromatic amines is 1. The van der Waals surface area contributed by atoms with Gasteiger partial charge in [-0.2, -0.15) is 0 Å². The van der Waals surface area contributed by atoms with E-state index in [4.69, 9.17) is 4.74 Å². The molecular weight excluding hydrogens is 428 g/mol. The maximum Gasteiger partial charge on any atom is 0.252 e. The Bertz CT molecular complexity index is 1190. The Morgan fingerprint density at radius 1 is 1.18 bits per heavy atom. The van der Waals surface area contributed by atoms with Crippen LogP contribution in [0.3, 0.4) is 0 Å². The van der Waals surface area contributed by atoms with Gasteiger partial charge in [-0.3, -0.25) is 9.69 Å². The molecule has 3 aromatic rings. The van der Waals surface area contributed by atoms with Crippen LogP contribution in [0.15, 0.2) is 23.0 Å². The molecule has 8 heteroatoms. The lowest BCUT2D eigenvalue weighted by molar-refractivity contribution is 0.0484. The van der Waals surface area contributed by atoms with Gasteiger partial charge in [-0.05, 0) is 79.6 Å². The van der Waals surface area contributed by atoms with Gasteiger partial charge in [0.1, 0.15) is 0 Å². The minimum absolute atomic E-state index is 0.0222. The lowest BCUT2D eigenvalue weighted by Crippen LogP contribution is -2.38. The molecule has 0 amide bonds. The lowest BCUT2D eigenvalue weighted by Gasteiger charge is -2.32. The smallest absolute Gasteiger partial charge is 0.252 e. The Balaban J connectivity index is 1.50. The molecule has 0 radical (unpaired) electrons. The van der Waals surface area contributed by atoms with Gasteiger partial charge in [0, 0.05) is 36.2 Å². The lowest BCUT2D eigenvalue weighted by atomic mass is 10.0. The monoisotopic (exact) mass is 464 g/mol. The molecule has 5 rings (SSSR count). The second kappa shape index (κ2) is 9.96. The van der Waals surface area contributed by atoms with E-state index in [1.165, 1.54) is 18.4 Å². The van der Waals surface area contributed by atoms with Gasteiger partial charge < -0.3 is 9.72 Å². The first-order valence-electron chi connectivity index (χ1n) is 12.8. The van der Waals surface area contributed by atoms with E-state index in [1.807, 2.05) is 6.07 Å². The largest absolute Gasteiger partial charge is 0.377 e. The van der Waals surface area contributed by atoms with Crippen LogP contribution in [0.1, 0.15) is 86.5 Å². The van der Waals surface area contributed by atoms with Crippen LogP contribution < -0.4 is 5.56 Å². The molecule has 1 aliphatic heterocycles. The molecule has 2 aliphatic rings. The zero-order chi connectivity index (χ0) is 23.7. The number of hydrogen-bond donors (Lipinski definition) is 1. The number of H-pyrrole nitrogens is 1. The van der Waals surface area contributed by atoms with Crippen molar-refractivity contribution in [1.29, 1.82) is 0 Å². The molecule has 0 unspecified atom stereocenters. The van der Waals surface area contributed by atoms with Crippen molar-refractivity contribution in [3.63, 3.8) is 0 Å². The number of nitrogens with one attached hydrogen (secondary N) is 1. The maximum absolute atomic E-state index is 13.1. The molecule has 1 N–H and O–H groups in total. The molecule has 1 saturated carbocycles. The zero-order valence-electron chi connectivity index (χ0n) is 20.6. The van der Waals surface area contributed by atoms with Crippen molar-refractivity contribution in [3.05, 3.63) is 51.1 Å². The van der Waals surface area contributed by atoms with Crippen molar-refractivity contribution in [2.75, 3.05) is 13.2 Å². The molecular formula is C26H36N6O2. The summed E-state index contributed by atoms with van der Waals surface area (Å²) in [6.07, 6.45) is 7.89. The van der Waals surface area contributed by atoms with Gasteiger partial charge in [0.05, 0.1) is 18.2 Å². The van der Waals surface area contributed by atoms with Crippen LogP contribution in [0.2, 0.25) is 0 Å². The molecule has 1 aromatic carbocycles. The van der Waals surface area contributed by atoms with Crippen molar-refractivity contribution in [2.24, 2.45) is 0 Å². The van der Waals surface area contributed by atoms with E-state index in [-0.39, 0.29) is 17.7 Å². The van der Waals surface area contributed by atoms with Crippen molar-refractivity contribution >= 4 is 10.9 Å². The Kier molecular flexibility index (Phi) is 6.79. The summed E-state index contributed by atoms with van der Waals surface area (Å²) in [7, 11) is 0. The number of rotatable bonds is 8. The molecule has 8 nitrogen and oxygen atoms in total. The zero-order valence-corrected chi connectivity index (χ0v) is 20.6. The highest BCUT2D eigenvalue weighted by Gasteiger charge is 2.31. The summed E-state index contributed by atoms with van der Waals surface area (Å²) in [6, 6.07) is 6.67. The standard InChI is InChI=1S/C26H36N6O2/c1-4-24(25-28-29-30-32(25)20-8-5-6-9-20)31(16-21-10-7-11-34-21)15-19-14-22-18(3)12-17(2)13-23(22)27-26(19)33/h12-14,20-21,24H,4-11,15-16H2,1-3H3,(H,27,33)/t21-,24+/m0/s1. The fraction of sp³-hybridized carbons (Fsp3) is 0.615. The fourth-order valence-electron chi connectivity index (χ4n) is 5.84. The molecule has 2 fully saturated rings. The predicted octanol–water partition coefficient (Wildman–Crippen LogP) is 4.38. The Morgan fingerprint density at radius 2 is 2.00 bits per heavy atom. The summed E-state index contributed by atoms with van der Waals surface area (Å²) >= 11 is 0. The van der Waals surface area contributed by atoms with E-state index in [9.17, 15) is 4.79 Å². The van der Waals surface area contributed by atoms with Crippen LogP contribution in [0.5, 0.6) is 0 Å². The molecule has 34 heavy (non-hydrogen) atoms. The number of aromatic nitrogens is 5. The minimum Gasteiger partial charge on any atom is -0.377 e. The van der Waals surface area contributed by atoms with E-state index in [0.29, 0.717) is 12.6 Å². The molecule has 2 atom stereocenters. The molecule has 1 saturated heterocycles. The van der Waals surface area contributed by atoms with Crippen molar-refractivity contribution in [3.8, 4) is 0 Å². The predicted molar refractivity (Wildman–Crippen MR) is 132 cm³/mol. The van der Waals surface area contributed by atoms with Gasteiger partial charge >= 0.3 is 0 Å². The van der Waals surface area contributed by atoms with E-state index < -0.39 is 0 Å². The summed E-state index contributed by atoms with van der Waals surface area (Å²) in [5, 5.41) is 14.1. The number of tetrazole rings is 1. The minimum atomic E-state index is -0.0277. The van der Waals surface area contributed by atoms with Crippen LogP contribution in [-0.4, -0.2) is 49.3 Å². The molecule has 0 bridgehead atoms. The summed E-state index contributed by atoms with van der Waals surface area (Å²) in [6.45, 7) is 8.45. The van der Waals surface area contributed by atoms with E-state index in [0.717, 1.165) is 73.1 Å². The number of aryl methyl sites for hydroxylation is 2. The third-order valence-electron chi connectivity index (χ3n) is 7.54. The topological polar surface area (TPSA) is 88.9 Å². The van der Waals surface area contributed by atoms with Gasteiger partial charge in [0.25, 0.3) is 5.56 Å². The summed E-state index contributed by atoms with van der Waals surface area (Å²) in [5.74, 6) is 0.913. The van der Waals surface area contributed by atoms with E-state index >= 15 is 0 Å². The number of pyridine rings is 1. The molecule has 182 valence electrons. The molecule has 3 heterocycles. The second-order valence-electron chi connectivity index (χ2n) is 10.1. The van der Waals surface area contributed by atoms with Crippen LogP contribution in [0.25, 0.3) is 10.9 Å². The highest BCUT2D eigenvalue weighted by atomic mass is 16.5. The highest BCUT2D eigenvalue weighted by molar-refractivity contribution is 5.83. The number of benzene rings is 1. The van der Waals surface area contributed by atoms with Crippen molar-refractivity contribution < 1.29 is 4.74 Å². The summed E-state index contributed by atoms with van der Waals surface area (Å²) < 4.78 is 8.07. The quantitative estimate of drug-likeness (QED) is 0.532. The normalized spacial score (nSPS) is 20.1. The molecule has 0 spiro atoms. The van der Waals surface area contributed by atoms with Crippen LogP contribution >= 0.6 is 0 Å². The van der Waals surface area contributed by atoms with Crippen molar-refractivity contribution in [1.82, 2.24) is 30.1 Å². The molecule has 1 aliphatic carbocycles. The van der Waals surface area contributed by atoms with E-state index in [1.54, 1.807) is 0 Å². The maximum atomic E-state index is 13.1. The van der Waals surface area contributed by atoms with Crippen LogP contribution in [0, 0.1) is 13.8 Å². The van der Waals surface area contributed by atoms with Crippen LogP contribution in [-0.2, 0) is 11.3 Å². The van der Waals surface area contributed by atoms with Crippen LogP contribution in [0.4, 0.5) is 0 Å². The van der Waals surface area contributed by atoms with Gasteiger partial charge in [-0.15, -0.1) is 5.10 Å². The van der Waals surface area contributed by atoms with Crippen molar-refractivity contribution in [2.45, 2.75) is 90.4 Å². The number of nitrogens with zero attached hydrogens (tertiary/aromatic N) is 5. The molecule has 2 aromatic heterocycles. The summed E-state index contributed by atoms with van der Waals surface area (Å²) in [4.78, 5) is 18.6. The second-order valence-corrected chi connectivity index (χ2v) is 10.1. The van der Waals surface area contributed by atoms with Gasteiger partial charge in [-0.25, -0.2) is 4.68 Å². The van der Waals surface area contributed by atoms with Gasteiger partial charge in [0.2, 0.25) is 0 Å². The Hall–Kier alpha value is -2.58.